The Morgan fingerprint density at radius 2 is 2.42 bits per heavy atom. The molecule has 64 valence electrons. The van der Waals surface area contributed by atoms with E-state index in [4.69, 9.17) is 16.7 Å². The molecule has 1 aromatic rings. The number of pyridine rings is 1. The summed E-state index contributed by atoms with van der Waals surface area (Å²) < 4.78 is 0.523. The number of rotatable bonds is 2. The highest BCUT2D eigenvalue weighted by Gasteiger charge is 2.06. The second-order valence-electron chi connectivity index (χ2n) is 2.17. The fraction of sp³-hybridized carbons (Fsp3) is 0.143. The first-order chi connectivity index (χ1) is 5.59. The van der Waals surface area contributed by atoms with Gasteiger partial charge in [0, 0.05) is 6.20 Å². The number of aliphatic carboxylic acids is 1. The first-order valence-electron chi connectivity index (χ1n) is 3.11. The lowest BCUT2D eigenvalue weighted by Crippen LogP contribution is -2.01. The lowest BCUT2D eigenvalue weighted by molar-refractivity contribution is -0.136. The molecule has 0 saturated heterocycles. The topological polar surface area (TPSA) is 50.2 Å². The fourth-order valence-electron chi connectivity index (χ4n) is 0.751. The Morgan fingerprint density at radius 3 is 3.00 bits per heavy atom. The minimum atomic E-state index is -0.903. The van der Waals surface area contributed by atoms with Crippen molar-refractivity contribution in [3.8, 4) is 0 Å². The quantitative estimate of drug-likeness (QED) is 0.818. The number of halogens is 2. The molecule has 1 aromatic heterocycles. The SMILES string of the molecule is O=C(O)Cc1cc(Cl)cnc1Br. The molecule has 1 N–H and O–H groups in total. The largest absolute Gasteiger partial charge is 0.481 e. The molecule has 12 heavy (non-hydrogen) atoms. The van der Waals surface area contributed by atoms with Crippen LogP contribution in [0.1, 0.15) is 5.56 Å². The number of nitrogens with zero attached hydrogens (tertiary/aromatic N) is 1. The van der Waals surface area contributed by atoms with Crippen molar-refractivity contribution in [2.45, 2.75) is 6.42 Å². The Kier molecular flexibility index (Phi) is 3.05. The monoisotopic (exact) mass is 249 g/mol. The second kappa shape index (κ2) is 3.87. The van der Waals surface area contributed by atoms with Gasteiger partial charge in [0.05, 0.1) is 11.4 Å². The number of hydrogen-bond acceptors (Lipinski definition) is 2. The highest BCUT2D eigenvalue weighted by molar-refractivity contribution is 9.10. The van der Waals surface area contributed by atoms with Gasteiger partial charge in [-0.25, -0.2) is 4.98 Å². The van der Waals surface area contributed by atoms with Crippen molar-refractivity contribution < 1.29 is 9.90 Å². The molecule has 0 spiro atoms. The zero-order valence-corrected chi connectivity index (χ0v) is 8.26. The van der Waals surface area contributed by atoms with Crippen LogP contribution in [0.4, 0.5) is 0 Å². The summed E-state index contributed by atoms with van der Waals surface area (Å²) in [5.74, 6) is -0.903. The molecule has 0 aliphatic carbocycles. The molecular weight excluding hydrogens is 245 g/mol. The zero-order chi connectivity index (χ0) is 9.14. The second-order valence-corrected chi connectivity index (χ2v) is 3.36. The van der Waals surface area contributed by atoms with Gasteiger partial charge < -0.3 is 5.11 Å². The highest BCUT2D eigenvalue weighted by atomic mass is 79.9. The van der Waals surface area contributed by atoms with Crippen molar-refractivity contribution in [2.75, 3.05) is 0 Å². The Morgan fingerprint density at radius 1 is 1.75 bits per heavy atom. The summed E-state index contributed by atoms with van der Waals surface area (Å²) in [4.78, 5) is 14.2. The van der Waals surface area contributed by atoms with Crippen LogP contribution in [0.15, 0.2) is 16.9 Å². The van der Waals surface area contributed by atoms with E-state index in [-0.39, 0.29) is 6.42 Å². The van der Waals surface area contributed by atoms with Crippen LogP contribution in [0, 0.1) is 0 Å². The maximum atomic E-state index is 10.3. The van der Waals surface area contributed by atoms with Gasteiger partial charge in [0.1, 0.15) is 4.60 Å². The molecule has 0 bridgehead atoms. The molecule has 0 atom stereocenters. The van der Waals surface area contributed by atoms with Crippen LogP contribution < -0.4 is 0 Å². The van der Waals surface area contributed by atoms with Crippen molar-refractivity contribution in [1.29, 1.82) is 0 Å². The van der Waals surface area contributed by atoms with Crippen LogP contribution in [0.2, 0.25) is 5.02 Å². The molecule has 3 nitrogen and oxygen atoms in total. The van der Waals surface area contributed by atoms with Gasteiger partial charge in [0.25, 0.3) is 0 Å². The molecular formula is C7H5BrClNO2. The fourth-order valence-corrected chi connectivity index (χ4v) is 1.29. The zero-order valence-electron chi connectivity index (χ0n) is 5.92. The van der Waals surface area contributed by atoms with E-state index in [2.05, 4.69) is 20.9 Å². The van der Waals surface area contributed by atoms with E-state index >= 15 is 0 Å². The number of carboxylic acids is 1. The molecule has 0 aliphatic rings. The summed E-state index contributed by atoms with van der Waals surface area (Å²) in [6.07, 6.45) is 1.38. The van der Waals surface area contributed by atoms with Crippen LogP contribution in [0.5, 0.6) is 0 Å². The summed E-state index contributed by atoms with van der Waals surface area (Å²) in [6.45, 7) is 0. The van der Waals surface area contributed by atoms with Crippen LogP contribution in [-0.4, -0.2) is 16.1 Å². The van der Waals surface area contributed by atoms with Gasteiger partial charge in [-0.05, 0) is 27.6 Å². The third-order valence-corrected chi connectivity index (χ3v) is 2.14. The molecule has 0 radical (unpaired) electrons. The third-order valence-electron chi connectivity index (χ3n) is 1.22. The van der Waals surface area contributed by atoms with Crippen molar-refractivity contribution in [3.05, 3.63) is 27.5 Å². The minimum Gasteiger partial charge on any atom is -0.481 e. The molecule has 0 saturated carbocycles. The molecule has 0 aromatic carbocycles. The standard InChI is InChI=1S/C7H5BrClNO2/c8-7-4(2-6(11)12)1-5(9)3-10-7/h1,3H,2H2,(H,11,12). The van der Waals surface area contributed by atoms with Crippen LogP contribution >= 0.6 is 27.5 Å². The predicted octanol–water partition coefficient (Wildman–Crippen LogP) is 2.12. The Labute approximate surface area is 82.5 Å². The van der Waals surface area contributed by atoms with Crippen molar-refractivity contribution >= 4 is 33.5 Å². The number of hydrogen-bond donors (Lipinski definition) is 1. The van der Waals surface area contributed by atoms with Gasteiger partial charge in [0.2, 0.25) is 0 Å². The molecule has 1 heterocycles. The van der Waals surface area contributed by atoms with Crippen LogP contribution in [0.3, 0.4) is 0 Å². The first-order valence-corrected chi connectivity index (χ1v) is 4.28. The van der Waals surface area contributed by atoms with E-state index < -0.39 is 5.97 Å². The average molecular weight is 250 g/mol. The third kappa shape index (κ3) is 2.46. The van der Waals surface area contributed by atoms with E-state index in [1.54, 1.807) is 6.07 Å². The average Bonchev–Trinajstić information content (AvgIpc) is 1.96. The highest BCUT2D eigenvalue weighted by Crippen LogP contribution is 2.18. The molecule has 1 rings (SSSR count). The number of carboxylic acid groups (broad SMARTS) is 1. The first kappa shape index (κ1) is 9.48. The molecule has 0 aliphatic heterocycles. The van der Waals surface area contributed by atoms with Crippen LogP contribution in [0.25, 0.3) is 0 Å². The smallest absolute Gasteiger partial charge is 0.307 e. The Bertz CT molecular complexity index is 316. The van der Waals surface area contributed by atoms with E-state index in [0.717, 1.165) is 0 Å². The van der Waals surface area contributed by atoms with Crippen molar-refractivity contribution in [3.63, 3.8) is 0 Å². The molecule has 0 amide bonds. The number of aromatic nitrogens is 1. The predicted molar refractivity (Wildman–Crippen MR) is 48.3 cm³/mol. The summed E-state index contributed by atoms with van der Waals surface area (Å²) in [5.41, 5.74) is 0.579. The lowest BCUT2D eigenvalue weighted by Gasteiger charge is -1.99. The molecule has 5 heteroatoms. The maximum Gasteiger partial charge on any atom is 0.307 e. The normalized spacial score (nSPS) is 9.83. The summed E-state index contributed by atoms with van der Waals surface area (Å²) >= 11 is 8.75. The van der Waals surface area contributed by atoms with Gasteiger partial charge in [0.15, 0.2) is 0 Å². The number of carbonyl (C=O) groups is 1. The lowest BCUT2D eigenvalue weighted by atomic mass is 10.2. The van der Waals surface area contributed by atoms with Gasteiger partial charge in [-0.15, -0.1) is 0 Å². The van der Waals surface area contributed by atoms with Crippen molar-refractivity contribution in [2.24, 2.45) is 0 Å². The van der Waals surface area contributed by atoms with Gasteiger partial charge in [-0.1, -0.05) is 11.6 Å². The summed E-state index contributed by atoms with van der Waals surface area (Å²) in [7, 11) is 0. The maximum absolute atomic E-state index is 10.3. The van der Waals surface area contributed by atoms with E-state index in [9.17, 15) is 4.79 Å². The summed E-state index contributed by atoms with van der Waals surface area (Å²) in [5, 5.41) is 8.93. The van der Waals surface area contributed by atoms with Gasteiger partial charge in [-0.3, -0.25) is 4.79 Å². The molecule has 0 unspecified atom stereocenters. The van der Waals surface area contributed by atoms with Crippen LogP contribution in [-0.2, 0) is 11.2 Å². The minimum absolute atomic E-state index is 0.0753. The van der Waals surface area contributed by atoms with E-state index in [1.807, 2.05) is 0 Å². The van der Waals surface area contributed by atoms with Crippen molar-refractivity contribution in [1.82, 2.24) is 4.98 Å². The van der Waals surface area contributed by atoms with E-state index in [1.165, 1.54) is 6.20 Å². The van der Waals surface area contributed by atoms with Gasteiger partial charge >= 0.3 is 5.97 Å². The Balaban J connectivity index is 2.97. The Hall–Kier alpha value is -0.610. The van der Waals surface area contributed by atoms with Gasteiger partial charge in [-0.2, -0.15) is 0 Å². The molecule has 0 fully saturated rings. The van der Waals surface area contributed by atoms with E-state index in [0.29, 0.717) is 15.2 Å². The summed E-state index contributed by atoms with van der Waals surface area (Å²) in [6, 6.07) is 1.58.